The van der Waals surface area contributed by atoms with Gasteiger partial charge in [0.2, 0.25) is 0 Å². The number of hydrogen-bond donors (Lipinski definition) is 0. The van der Waals surface area contributed by atoms with Crippen LogP contribution >= 0.6 is 0 Å². The summed E-state index contributed by atoms with van der Waals surface area (Å²) in [5.41, 5.74) is 9.36. The van der Waals surface area contributed by atoms with Gasteiger partial charge in [-0.25, -0.2) is 4.98 Å². The fourth-order valence-corrected chi connectivity index (χ4v) is 7.35. The van der Waals surface area contributed by atoms with Gasteiger partial charge in [0.05, 0.1) is 17.8 Å². The average molecular weight is 525 g/mol. The molecule has 4 heteroatoms. The summed E-state index contributed by atoms with van der Waals surface area (Å²) < 4.78 is 0. The molecule has 1 aromatic carbocycles. The highest BCUT2D eigenvalue weighted by Gasteiger charge is 2.43. The topological polar surface area (TPSA) is 43.2 Å². The van der Waals surface area contributed by atoms with Crippen molar-refractivity contribution in [3.8, 4) is 17.2 Å². The molecule has 0 amide bonds. The van der Waals surface area contributed by atoms with Gasteiger partial charge in [-0.2, -0.15) is 5.26 Å². The summed E-state index contributed by atoms with van der Waals surface area (Å²) in [7, 11) is 0. The van der Waals surface area contributed by atoms with Crippen LogP contribution in [0.25, 0.3) is 16.7 Å². The van der Waals surface area contributed by atoms with Crippen molar-refractivity contribution >= 4 is 5.57 Å². The van der Waals surface area contributed by atoms with Crippen LogP contribution in [0.3, 0.4) is 0 Å². The van der Waals surface area contributed by atoms with Crippen LogP contribution in [0.2, 0.25) is 0 Å². The van der Waals surface area contributed by atoms with E-state index in [0.717, 1.165) is 43.2 Å². The van der Waals surface area contributed by atoms with Gasteiger partial charge in [-0.1, -0.05) is 60.7 Å². The molecule has 2 aromatic rings. The highest BCUT2D eigenvalue weighted by Crippen LogP contribution is 2.45. The van der Waals surface area contributed by atoms with Crippen molar-refractivity contribution in [2.24, 2.45) is 0 Å². The number of benzene rings is 1. The second-order valence-corrected chi connectivity index (χ2v) is 11.5. The Morgan fingerprint density at radius 3 is 2.60 bits per heavy atom. The molecule has 0 bridgehead atoms. The molecule has 4 nitrogen and oxygen atoms in total. The zero-order valence-electron chi connectivity index (χ0n) is 23.0. The molecule has 0 saturated carbocycles. The van der Waals surface area contributed by atoms with E-state index in [1.54, 1.807) is 6.20 Å². The van der Waals surface area contributed by atoms with E-state index in [1.807, 2.05) is 12.1 Å². The maximum Gasteiger partial charge on any atom is 0.148 e. The van der Waals surface area contributed by atoms with E-state index in [2.05, 4.69) is 93.7 Å². The number of fused-ring (bicyclic) bond motifs is 1. The summed E-state index contributed by atoms with van der Waals surface area (Å²) in [6.45, 7) is 0. The second-order valence-electron chi connectivity index (χ2n) is 11.5. The van der Waals surface area contributed by atoms with Gasteiger partial charge in [-0.3, -0.25) is 0 Å². The molecule has 4 aliphatic carbocycles. The molecule has 0 saturated heterocycles. The third-order valence-corrected chi connectivity index (χ3v) is 9.17. The molecule has 5 aliphatic rings. The molecule has 2 heterocycles. The van der Waals surface area contributed by atoms with Crippen LogP contribution in [0.5, 0.6) is 0 Å². The summed E-state index contributed by atoms with van der Waals surface area (Å²) in [5.74, 6) is 0. The first-order valence-electron chi connectivity index (χ1n) is 15.0. The maximum atomic E-state index is 9.49. The number of allylic oxidation sites excluding steroid dienone is 9. The molecule has 0 radical (unpaired) electrons. The first kappa shape index (κ1) is 24.9. The summed E-state index contributed by atoms with van der Waals surface area (Å²) in [6, 6.07) is 16.3. The van der Waals surface area contributed by atoms with Gasteiger partial charge in [0, 0.05) is 29.2 Å². The van der Waals surface area contributed by atoms with E-state index in [1.165, 1.54) is 53.9 Å². The predicted octanol–water partition coefficient (Wildman–Crippen LogP) is 8.06. The zero-order chi connectivity index (χ0) is 26.9. The largest absolute Gasteiger partial charge is 0.361 e. The van der Waals surface area contributed by atoms with Gasteiger partial charge in [0.25, 0.3) is 0 Å². The molecule has 1 aromatic heterocycles. The van der Waals surface area contributed by atoms with Crippen molar-refractivity contribution in [3.05, 3.63) is 120 Å². The Kier molecular flexibility index (Phi) is 6.73. The standard InChI is InChI=1S/C36H36N4/c37-25-32-31(14-9-23-38-32)27-21-19-26(20-22-27)28-10-8-13-30(24-28)40-35-17-6-4-15-33(35)39(29-11-2-1-3-12-29)34-16-5-7-18-36(34)40/h1-2,4,7,9-10,14-15,18-24,29,34,36H,3,5-6,8,11-13,16-17H2. The molecule has 200 valence electrons. The molecule has 3 atom stereocenters. The molecule has 0 N–H and O–H groups in total. The first-order valence-corrected chi connectivity index (χ1v) is 15.0. The predicted molar refractivity (Wildman–Crippen MR) is 161 cm³/mol. The highest BCUT2D eigenvalue weighted by molar-refractivity contribution is 5.78. The third-order valence-electron chi connectivity index (χ3n) is 9.17. The summed E-state index contributed by atoms with van der Waals surface area (Å²) in [5, 5.41) is 9.49. The first-order chi connectivity index (χ1) is 19.8. The van der Waals surface area contributed by atoms with Crippen molar-refractivity contribution in [2.75, 3.05) is 0 Å². The second kappa shape index (κ2) is 10.8. The lowest BCUT2D eigenvalue weighted by Crippen LogP contribution is -2.58. The number of nitrogens with zero attached hydrogens (tertiary/aromatic N) is 4. The zero-order valence-corrected chi connectivity index (χ0v) is 23.0. The van der Waals surface area contributed by atoms with Crippen LogP contribution in [0, 0.1) is 11.3 Å². The molecule has 1 aliphatic heterocycles. The lowest BCUT2D eigenvalue weighted by molar-refractivity contribution is 0.0799. The van der Waals surface area contributed by atoms with E-state index in [9.17, 15) is 5.26 Å². The Morgan fingerprint density at radius 2 is 1.75 bits per heavy atom. The molecular formula is C36H36N4. The lowest BCUT2D eigenvalue weighted by Gasteiger charge is -2.55. The smallest absolute Gasteiger partial charge is 0.148 e. The normalized spacial score (nSPS) is 25.6. The highest BCUT2D eigenvalue weighted by atomic mass is 15.3. The van der Waals surface area contributed by atoms with Gasteiger partial charge in [0.15, 0.2) is 0 Å². The van der Waals surface area contributed by atoms with E-state index in [0.29, 0.717) is 23.8 Å². The minimum absolute atomic E-state index is 0.396. The van der Waals surface area contributed by atoms with Gasteiger partial charge in [-0.05, 0) is 98.8 Å². The summed E-state index contributed by atoms with van der Waals surface area (Å²) in [4.78, 5) is 9.82. The minimum atomic E-state index is 0.396. The van der Waals surface area contributed by atoms with Gasteiger partial charge >= 0.3 is 0 Å². The molecule has 0 fully saturated rings. The molecule has 3 unspecified atom stereocenters. The van der Waals surface area contributed by atoms with Crippen molar-refractivity contribution in [1.29, 1.82) is 5.26 Å². The van der Waals surface area contributed by atoms with Gasteiger partial charge in [-0.15, -0.1) is 0 Å². The summed E-state index contributed by atoms with van der Waals surface area (Å²) in [6.07, 6.45) is 31.4. The molecule has 40 heavy (non-hydrogen) atoms. The molecular weight excluding hydrogens is 488 g/mol. The fourth-order valence-electron chi connectivity index (χ4n) is 7.35. The van der Waals surface area contributed by atoms with Crippen LogP contribution < -0.4 is 0 Å². The van der Waals surface area contributed by atoms with E-state index in [4.69, 9.17) is 0 Å². The molecule has 0 spiro atoms. The maximum absolute atomic E-state index is 9.49. The number of nitriles is 1. The Balaban J connectivity index is 1.24. The molecule has 7 rings (SSSR count). The Hall–Kier alpha value is -4.10. The Bertz CT molecular complexity index is 1510. The van der Waals surface area contributed by atoms with Crippen LogP contribution in [0.1, 0.15) is 69.0 Å². The van der Waals surface area contributed by atoms with Crippen molar-refractivity contribution in [1.82, 2.24) is 14.8 Å². The van der Waals surface area contributed by atoms with E-state index < -0.39 is 0 Å². The monoisotopic (exact) mass is 524 g/mol. The van der Waals surface area contributed by atoms with Crippen molar-refractivity contribution < 1.29 is 0 Å². The fraction of sp³-hybridized carbons (Fsp3) is 0.333. The number of pyridine rings is 1. The van der Waals surface area contributed by atoms with Gasteiger partial charge < -0.3 is 9.80 Å². The van der Waals surface area contributed by atoms with E-state index in [-0.39, 0.29) is 0 Å². The van der Waals surface area contributed by atoms with Crippen LogP contribution in [0.15, 0.2) is 108 Å². The third kappa shape index (κ3) is 4.44. The number of hydrogen-bond acceptors (Lipinski definition) is 4. The van der Waals surface area contributed by atoms with Crippen LogP contribution in [0.4, 0.5) is 0 Å². The van der Waals surface area contributed by atoms with Crippen molar-refractivity contribution in [3.63, 3.8) is 0 Å². The Morgan fingerprint density at radius 1 is 0.875 bits per heavy atom. The average Bonchev–Trinajstić information content (AvgIpc) is 3.04. The van der Waals surface area contributed by atoms with Crippen LogP contribution in [-0.4, -0.2) is 32.9 Å². The van der Waals surface area contributed by atoms with Crippen LogP contribution in [-0.2, 0) is 0 Å². The minimum Gasteiger partial charge on any atom is -0.361 e. The van der Waals surface area contributed by atoms with E-state index >= 15 is 0 Å². The lowest BCUT2D eigenvalue weighted by atomic mass is 9.83. The number of rotatable bonds is 4. The quantitative estimate of drug-likeness (QED) is 0.380. The SMILES string of the molecule is N#Cc1ncccc1-c1ccc(C2=CCCC(N3C4=C(C=CCC4)N(C4CC=CCC4)C4CCC=CC43)=C2)cc1. The Labute approximate surface area is 238 Å². The number of aromatic nitrogens is 1. The van der Waals surface area contributed by atoms with Crippen molar-refractivity contribution in [2.45, 2.75) is 75.9 Å². The summed E-state index contributed by atoms with van der Waals surface area (Å²) >= 11 is 0. The van der Waals surface area contributed by atoms with Gasteiger partial charge in [0.1, 0.15) is 11.8 Å².